The first-order chi connectivity index (χ1) is 6.62. The molecule has 2 unspecified atom stereocenters. The summed E-state index contributed by atoms with van der Waals surface area (Å²) in [6.07, 6.45) is 0.706. The lowest BCUT2D eigenvalue weighted by molar-refractivity contribution is 0.0286. The van der Waals surface area contributed by atoms with Crippen molar-refractivity contribution < 1.29 is 5.11 Å². The first kappa shape index (κ1) is 10.8. The third-order valence-electron chi connectivity index (χ3n) is 2.79. The minimum Gasteiger partial charge on any atom is -0.388 e. The lowest BCUT2D eigenvalue weighted by Gasteiger charge is -2.26. The van der Waals surface area contributed by atoms with Crippen molar-refractivity contribution in [1.29, 1.82) is 0 Å². The van der Waals surface area contributed by atoms with E-state index in [9.17, 15) is 5.11 Å². The van der Waals surface area contributed by atoms with Crippen LogP contribution >= 0.6 is 34.7 Å². The first-order valence-electron chi connectivity index (χ1n) is 4.64. The Kier molecular flexibility index (Phi) is 3.12. The summed E-state index contributed by atoms with van der Waals surface area (Å²) in [4.78, 5) is 1.11. The highest BCUT2D eigenvalue weighted by Crippen LogP contribution is 2.38. The van der Waals surface area contributed by atoms with Crippen LogP contribution in [0.1, 0.15) is 11.8 Å². The highest BCUT2D eigenvalue weighted by atomic mass is 35.5. The summed E-state index contributed by atoms with van der Waals surface area (Å²) >= 11 is 9.48. The summed E-state index contributed by atoms with van der Waals surface area (Å²) in [5.41, 5.74) is -0.542. The van der Waals surface area contributed by atoms with Crippen LogP contribution in [0.3, 0.4) is 0 Å². The van der Waals surface area contributed by atoms with E-state index in [1.165, 1.54) is 0 Å². The molecule has 1 saturated heterocycles. The van der Waals surface area contributed by atoms with Crippen LogP contribution in [0.2, 0.25) is 5.02 Å². The van der Waals surface area contributed by atoms with Crippen LogP contribution in [0.4, 0.5) is 0 Å². The van der Waals surface area contributed by atoms with Crippen molar-refractivity contribution in [3.8, 4) is 0 Å². The average Bonchev–Trinajstić information content (AvgIpc) is 2.64. The van der Waals surface area contributed by atoms with Gasteiger partial charge >= 0.3 is 0 Å². The second-order valence-corrected chi connectivity index (χ2v) is 6.33. The van der Waals surface area contributed by atoms with Gasteiger partial charge in [0.15, 0.2) is 0 Å². The van der Waals surface area contributed by atoms with Crippen molar-refractivity contribution >= 4 is 34.7 Å². The number of hydrogen-bond acceptors (Lipinski definition) is 3. The van der Waals surface area contributed by atoms with Gasteiger partial charge in [-0.15, -0.1) is 11.3 Å². The molecule has 1 nitrogen and oxygen atoms in total. The van der Waals surface area contributed by atoms with Crippen molar-refractivity contribution in [2.45, 2.75) is 18.9 Å². The molecule has 2 atom stereocenters. The van der Waals surface area contributed by atoms with E-state index in [2.05, 4.69) is 6.92 Å². The molecule has 0 bridgehead atoms. The zero-order valence-electron chi connectivity index (χ0n) is 8.00. The van der Waals surface area contributed by atoms with Gasteiger partial charge in [-0.1, -0.05) is 18.5 Å². The molecule has 0 spiro atoms. The number of halogens is 1. The minimum atomic E-state index is -0.542. The van der Waals surface area contributed by atoms with Crippen LogP contribution < -0.4 is 0 Å². The Labute approximate surface area is 97.5 Å². The Morgan fingerprint density at radius 3 is 3.00 bits per heavy atom. The fraction of sp³-hybridized carbons (Fsp3) is 0.600. The molecule has 14 heavy (non-hydrogen) atoms. The minimum absolute atomic E-state index is 0.366. The summed E-state index contributed by atoms with van der Waals surface area (Å²) in [6, 6.07) is 1.90. The van der Waals surface area contributed by atoms with Gasteiger partial charge in [-0.05, 0) is 23.1 Å². The lowest BCUT2D eigenvalue weighted by atomic mass is 9.89. The lowest BCUT2D eigenvalue weighted by Crippen LogP contribution is -2.37. The summed E-state index contributed by atoms with van der Waals surface area (Å²) in [6.45, 7) is 2.11. The van der Waals surface area contributed by atoms with Gasteiger partial charge < -0.3 is 5.11 Å². The molecule has 4 heteroatoms. The van der Waals surface area contributed by atoms with Gasteiger partial charge in [-0.2, -0.15) is 11.8 Å². The maximum atomic E-state index is 10.4. The van der Waals surface area contributed by atoms with Gasteiger partial charge in [0.05, 0.1) is 10.6 Å². The second-order valence-electron chi connectivity index (χ2n) is 3.89. The van der Waals surface area contributed by atoms with Crippen LogP contribution in [0.15, 0.2) is 11.4 Å². The highest BCUT2D eigenvalue weighted by molar-refractivity contribution is 7.99. The zero-order chi connectivity index (χ0) is 10.2. The van der Waals surface area contributed by atoms with E-state index < -0.39 is 5.60 Å². The molecule has 0 amide bonds. The van der Waals surface area contributed by atoms with Gasteiger partial charge in [0.2, 0.25) is 0 Å². The Hall–Kier alpha value is 0.300. The average molecular weight is 249 g/mol. The Balaban J connectivity index is 2.14. The van der Waals surface area contributed by atoms with Crippen molar-refractivity contribution in [1.82, 2.24) is 0 Å². The molecule has 0 radical (unpaired) electrons. The molecule has 1 N–H and O–H groups in total. The molecule has 1 aliphatic rings. The van der Waals surface area contributed by atoms with Gasteiger partial charge in [0.25, 0.3) is 0 Å². The molecule has 2 rings (SSSR count). The van der Waals surface area contributed by atoms with Gasteiger partial charge in [0, 0.05) is 17.1 Å². The van der Waals surface area contributed by atoms with E-state index in [1.807, 2.05) is 23.2 Å². The van der Waals surface area contributed by atoms with Crippen LogP contribution in [-0.2, 0) is 6.42 Å². The summed E-state index contributed by atoms with van der Waals surface area (Å²) in [7, 11) is 0. The van der Waals surface area contributed by atoms with E-state index in [0.29, 0.717) is 12.3 Å². The van der Waals surface area contributed by atoms with Crippen LogP contribution in [0, 0.1) is 5.92 Å². The Morgan fingerprint density at radius 1 is 1.71 bits per heavy atom. The predicted molar refractivity (Wildman–Crippen MR) is 64.5 cm³/mol. The van der Waals surface area contributed by atoms with Crippen molar-refractivity contribution in [2.75, 3.05) is 11.5 Å². The number of hydrogen-bond donors (Lipinski definition) is 1. The smallest absolute Gasteiger partial charge is 0.0819 e. The second kappa shape index (κ2) is 4.05. The van der Waals surface area contributed by atoms with E-state index >= 15 is 0 Å². The summed E-state index contributed by atoms with van der Waals surface area (Å²) in [5, 5.41) is 13.2. The van der Waals surface area contributed by atoms with Crippen LogP contribution in [-0.4, -0.2) is 22.2 Å². The molecule has 1 aromatic rings. The van der Waals surface area contributed by atoms with Crippen molar-refractivity contribution in [3.05, 3.63) is 21.3 Å². The monoisotopic (exact) mass is 248 g/mol. The van der Waals surface area contributed by atoms with E-state index in [-0.39, 0.29) is 0 Å². The highest BCUT2D eigenvalue weighted by Gasteiger charge is 2.39. The molecule has 0 aromatic carbocycles. The van der Waals surface area contributed by atoms with Crippen molar-refractivity contribution in [3.63, 3.8) is 0 Å². The fourth-order valence-electron chi connectivity index (χ4n) is 1.66. The summed E-state index contributed by atoms with van der Waals surface area (Å²) in [5.74, 6) is 2.26. The summed E-state index contributed by atoms with van der Waals surface area (Å²) < 4.78 is 0. The van der Waals surface area contributed by atoms with Crippen LogP contribution in [0.25, 0.3) is 0 Å². The number of thioether (sulfide) groups is 1. The molecule has 1 fully saturated rings. The first-order valence-corrected chi connectivity index (χ1v) is 7.05. The van der Waals surface area contributed by atoms with E-state index in [4.69, 9.17) is 11.6 Å². The fourth-order valence-corrected chi connectivity index (χ4v) is 4.41. The maximum Gasteiger partial charge on any atom is 0.0819 e. The molecule has 2 heterocycles. The third-order valence-corrected chi connectivity index (χ3v) is 5.62. The van der Waals surface area contributed by atoms with Gasteiger partial charge in [-0.25, -0.2) is 0 Å². The standard InChI is InChI=1S/C10H13ClOS2/c1-7-5-13-6-10(7,12)4-9-8(11)2-3-14-9/h2-3,7,12H,4-6H2,1H3. The molecular weight excluding hydrogens is 236 g/mol. The molecule has 78 valence electrons. The molecule has 1 aliphatic heterocycles. The quantitative estimate of drug-likeness (QED) is 0.868. The predicted octanol–water partition coefficient (Wildman–Crippen LogP) is 3.06. The molecule has 0 saturated carbocycles. The number of aliphatic hydroxyl groups is 1. The maximum absolute atomic E-state index is 10.4. The molecule has 0 aliphatic carbocycles. The number of thiophene rings is 1. The molecule has 1 aromatic heterocycles. The topological polar surface area (TPSA) is 20.2 Å². The van der Waals surface area contributed by atoms with Gasteiger partial charge in [-0.3, -0.25) is 0 Å². The van der Waals surface area contributed by atoms with Gasteiger partial charge in [0.1, 0.15) is 0 Å². The SMILES string of the molecule is CC1CSCC1(O)Cc1sccc1Cl. The normalized spacial score (nSPS) is 32.4. The van der Waals surface area contributed by atoms with E-state index in [1.54, 1.807) is 11.3 Å². The largest absolute Gasteiger partial charge is 0.388 e. The third kappa shape index (κ3) is 1.96. The van der Waals surface area contributed by atoms with Crippen molar-refractivity contribution in [2.24, 2.45) is 5.92 Å². The number of rotatable bonds is 2. The Bertz CT molecular complexity index is 326. The zero-order valence-corrected chi connectivity index (χ0v) is 10.4. The van der Waals surface area contributed by atoms with Crippen LogP contribution in [0.5, 0.6) is 0 Å². The molecular formula is C10H13ClOS2. The Morgan fingerprint density at radius 2 is 2.50 bits per heavy atom. The van der Waals surface area contributed by atoms with E-state index in [0.717, 1.165) is 21.4 Å².